The number of rotatable bonds is 4. The van der Waals surface area contributed by atoms with Crippen LogP contribution in [-0.4, -0.2) is 68.9 Å². The Balaban J connectivity index is 2.76. The van der Waals surface area contributed by atoms with Crippen LogP contribution in [0.4, 0.5) is 0 Å². The SMILES string of the molecule is CCCCN1[C@H](CO)[C@H](O)[C@H](O)[C@@H](O)[C@@H]1C. The number of aliphatic hydroxyl groups excluding tert-OH is 4. The first-order valence-electron chi connectivity index (χ1n) is 5.95. The van der Waals surface area contributed by atoms with E-state index in [1.807, 2.05) is 4.90 Å². The number of hydrogen-bond donors (Lipinski definition) is 4. The van der Waals surface area contributed by atoms with Crippen molar-refractivity contribution in [1.82, 2.24) is 4.90 Å². The third-order valence-electron chi connectivity index (χ3n) is 3.49. The molecule has 1 aliphatic heterocycles. The fraction of sp³-hybridized carbons (Fsp3) is 1.00. The zero-order valence-electron chi connectivity index (χ0n) is 9.95. The van der Waals surface area contributed by atoms with E-state index in [1.54, 1.807) is 6.92 Å². The molecule has 5 nitrogen and oxygen atoms in total. The fourth-order valence-corrected chi connectivity index (χ4v) is 2.33. The number of unbranched alkanes of at least 4 members (excludes halogenated alkanes) is 1. The third-order valence-corrected chi connectivity index (χ3v) is 3.49. The topological polar surface area (TPSA) is 84.2 Å². The molecule has 16 heavy (non-hydrogen) atoms. The molecule has 5 heteroatoms. The fourth-order valence-electron chi connectivity index (χ4n) is 2.33. The first-order chi connectivity index (χ1) is 7.54. The molecule has 1 fully saturated rings. The highest BCUT2D eigenvalue weighted by Gasteiger charge is 2.44. The van der Waals surface area contributed by atoms with Crippen molar-refractivity contribution in [3.8, 4) is 0 Å². The standard InChI is InChI=1S/C11H23NO4/c1-3-4-5-12-7(2)9(14)11(16)10(15)8(12)6-13/h7-11,13-16H,3-6H2,1-2H3/t7-,8+,9-,10-,11+/m0/s1. The molecule has 96 valence electrons. The Labute approximate surface area is 96.3 Å². The van der Waals surface area contributed by atoms with Crippen LogP contribution in [0.5, 0.6) is 0 Å². The first kappa shape index (κ1) is 13.9. The molecule has 5 atom stereocenters. The number of aliphatic hydroxyl groups is 4. The monoisotopic (exact) mass is 233 g/mol. The van der Waals surface area contributed by atoms with Gasteiger partial charge in [0.25, 0.3) is 0 Å². The smallest absolute Gasteiger partial charge is 0.109 e. The van der Waals surface area contributed by atoms with Gasteiger partial charge in [0.2, 0.25) is 0 Å². The molecule has 0 saturated carbocycles. The zero-order valence-corrected chi connectivity index (χ0v) is 9.95. The molecule has 0 amide bonds. The van der Waals surface area contributed by atoms with Crippen LogP contribution >= 0.6 is 0 Å². The number of likely N-dealkylation sites (tertiary alicyclic amines) is 1. The van der Waals surface area contributed by atoms with Gasteiger partial charge in [-0.3, -0.25) is 4.90 Å². The average Bonchev–Trinajstić information content (AvgIpc) is 2.29. The highest BCUT2D eigenvalue weighted by atomic mass is 16.4. The Bertz CT molecular complexity index is 214. The summed E-state index contributed by atoms with van der Waals surface area (Å²) >= 11 is 0. The minimum absolute atomic E-state index is 0.209. The van der Waals surface area contributed by atoms with Crippen molar-refractivity contribution in [1.29, 1.82) is 0 Å². The Morgan fingerprint density at radius 3 is 2.19 bits per heavy atom. The maximum Gasteiger partial charge on any atom is 0.109 e. The van der Waals surface area contributed by atoms with Crippen molar-refractivity contribution in [2.75, 3.05) is 13.2 Å². The van der Waals surface area contributed by atoms with Gasteiger partial charge in [-0.05, 0) is 19.9 Å². The van der Waals surface area contributed by atoms with Crippen LogP contribution < -0.4 is 0 Å². The van der Waals surface area contributed by atoms with Crippen LogP contribution in [0.3, 0.4) is 0 Å². The van der Waals surface area contributed by atoms with Gasteiger partial charge < -0.3 is 20.4 Å². The van der Waals surface area contributed by atoms with E-state index >= 15 is 0 Å². The van der Waals surface area contributed by atoms with E-state index in [9.17, 15) is 20.4 Å². The van der Waals surface area contributed by atoms with Gasteiger partial charge in [-0.25, -0.2) is 0 Å². The quantitative estimate of drug-likeness (QED) is 0.497. The van der Waals surface area contributed by atoms with Crippen LogP contribution in [0.25, 0.3) is 0 Å². The molecule has 0 unspecified atom stereocenters. The van der Waals surface area contributed by atoms with Crippen molar-refractivity contribution >= 4 is 0 Å². The number of hydrogen-bond acceptors (Lipinski definition) is 5. The van der Waals surface area contributed by atoms with E-state index in [1.165, 1.54) is 0 Å². The lowest BCUT2D eigenvalue weighted by atomic mass is 9.88. The molecule has 1 rings (SSSR count). The minimum Gasteiger partial charge on any atom is -0.395 e. The minimum atomic E-state index is -1.18. The molecule has 0 aliphatic carbocycles. The average molecular weight is 233 g/mol. The van der Waals surface area contributed by atoms with E-state index in [-0.39, 0.29) is 12.6 Å². The van der Waals surface area contributed by atoms with Gasteiger partial charge in [0.05, 0.1) is 18.8 Å². The Kier molecular flexibility index (Phi) is 5.14. The van der Waals surface area contributed by atoms with E-state index in [2.05, 4.69) is 6.92 Å². The summed E-state index contributed by atoms with van der Waals surface area (Å²) in [7, 11) is 0. The summed E-state index contributed by atoms with van der Waals surface area (Å²) in [6.07, 6.45) is -1.28. The molecule has 4 N–H and O–H groups in total. The largest absolute Gasteiger partial charge is 0.395 e. The molecule has 0 aromatic carbocycles. The summed E-state index contributed by atoms with van der Waals surface area (Å²) in [6.45, 7) is 4.37. The van der Waals surface area contributed by atoms with Crippen molar-refractivity contribution < 1.29 is 20.4 Å². The molecule has 1 heterocycles. The molecule has 0 aromatic heterocycles. The highest BCUT2D eigenvalue weighted by Crippen LogP contribution is 2.24. The number of piperidine rings is 1. The number of nitrogens with zero attached hydrogens (tertiary/aromatic N) is 1. The lowest BCUT2D eigenvalue weighted by Gasteiger charge is -2.47. The van der Waals surface area contributed by atoms with Crippen molar-refractivity contribution in [2.24, 2.45) is 0 Å². The molecule has 0 bridgehead atoms. The normalized spacial score (nSPS) is 41.2. The molecular formula is C11H23NO4. The molecule has 0 radical (unpaired) electrons. The summed E-state index contributed by atoms with van der Waals surface area (Å²) in [5, 5.41) is 38.4. The van der Waals surface area contributed by atoms with Crippen molar-refractivity contribution in [2.45, 2.75) is 57.1 Å². The molecule has 1 saturated heterocycles. The third kappa shape index (κ3) is 2.55. The lowest BCUT2D eigenvalue weighted by Crippen LogP contribution is -2.66. The van der Waals surface area contributed by atoms with Gasteiger partial charge in [-0.15, -0.1) is 0 Å². The van der Waals surface area contributed by atoms with E-state index < -0.39 is 24.4 Å². The van der Waals surface area contributed by atoms with Crippen LogP contribution in [-0.2, 0) is 0 Å². The maximum absolute atomic E-state index is 9.78. The Morgan fingerprint density at radius 2 is 1.69 bits per heavy atom. The second kappa shape index (κ2) is 5.93. The summed E-state index contributed by atoms with van der Waals surface area (Å²) in [4.78, 5) is 1.88. The predicted molar refractivity (Wildman–Crippen MR) is 60.0 cm³/mol. The summed E-state index contributed by atoms with van der Waals surface area (Å²) in [5.74, 6) is 0. The van der Waals surface area contributed by atoms with E-state index in [0.717, 1.165) is 12.8 Å². The summed E-state index contributed by atoms with van der Waals surface area (Å²) < 4.78 is 0. The van der Waals surface area contributed by atoms with Crippen LogP contribution in [0.1, 0.15) is 26.7 Å². The zero-order chi connectivity index (χ0) is 12.3. The van der Waals surface area contributed by atoms with Crippen molar-refractivity contribution in [3.63, 3.8) is 0 Å². The van der Waals surface area contributed by atoms with E-state index in [0.29, 0.717) is 6.54 Å². The second-order valence-corrected chi connectivity index (χ2v) is 4.55. The van der Waals surface area contributed by atoms with Gasteiger partial charge in [0, 0.05) is 6.04 Å². The summed E-state index contributed by atoms with van der Waals surface area (Å²) in [5.41, 5.74) is 0. The van der Waals surface area contributed by atoms with Crippen LogP contribution in [0.2, 0.25) is 0 Å². The molecule has 0 aromatic rings. The van der Waals surface area contributed by atoms with Gasteiger partial charge >= 0.3 is 0 Å². The van der Waals surface area contributed by atoms with Crippen LogP contribution in [0.15, 0.2) is 0 Å². The van der Waals surface area contributed by atoms with Gasteiger partial charge in [0.15, 0.2) is 0 Å². The summed E-state index contributed by atoms with van der Waals surface area (Å²) in [6, 6.07) is -0.734. The van der Waals surface area contributed by atoms with Gasteiger partial charge in [-0.1, -0.05) is 13.3 Å². The van der Waals surface area contributed by atoms with Gasteiger partial charge in [0.1, 0.15) is 12.2 Å². The van der Waals surface area contributed by atoms with Crippen molar-refractivity contribution in [3.05, 3.63) is 0 Å². The lowest BCUT2D eigenvalue weighted by molar-refractivity contribution is -0.167. The maximum atomic E-state index is 9.78. The first-order valence-corrected chi connectivity index (χ1v) is 5.95. The van der Waals surface area contributed by atoms with E-state index in [4.69, 9.17) is 0 Å². The van der Waals surface area contributed by atoms with Gasteiger partial charge in [-0.2, -0.15) is 0 Å². The molecule has 0 spiro atoms. The Hall–Kier alpha value is -0.200. The molecular weight excluding hydrogens is 210 g/mol. The second-order valence-electron chi connectivity index (χ2n) is 4.55. The Morgan fingerprint density at radius 1 is 1.06 bits per heavy atom. The molecule has 1 aliphatic rings. The highest BCUT2D eigenvalue weighted by molar-refractivity contribution is 4.98. The van der Waals surface area contributed by atoms with Crippen LogP contribution in [0, 0.1) is 0 Å². The predicted octanol–water partition coefficient (Wildman–Crippen LogP) is -1.07.